The van der Waals surface area contributed by atoms with Crippen molar-refractivity contribution in [3.8, 4) is 11.3 Å². The number of aryl methyl sites for hydroxylation is 4. The molecule has 1 aromatic carbocycles. The molecule has 0 saturated carbocycles. The van der Waals surface area contributed by atoms with Crippen LogP contribution in [0.25, 0.3) is 16.9 Å². The largest absolute Gasteiger partial charge is 0.297 e. The third-order valence-electron chi connectivity index (χ3n) is 3.45. The van der Waals surface area contributed by atoms with E-state index in [0.717, 1.165) is 5.65 Å². The first-order valence-corrected chi connectivity index (χ1v) is 6.58. The third-order valence-corrected chi connectivity index (χ3v) is 3.45. The number of fused-ring (bicyclic) bond motifs is 1. The second-order valence-electron chi connectivity index (χ2n) is 5.39. The fourth-order valence-electron chi connectivity index (χ4n) is 2.80. The van der Waals surface area contributed by atoms with Crippen LogP contribution in [0.1, 0.15) is 22.4 Å². The Bertz CT molecular complexity index is 746. The van der Waals surface area contributed by atoms with Crippen LogP contribution in [0.15, 0.2) is 36.5 Å². The number of imidazole rings is 1. The van der Waals surface area contributed by atoms with E-state index in [2.05, 4.69) is 67.4 Å². The molecule has 0 bridgehead atoms. The molecule has 0 unspecified atom stereocenters. The minimum absolute atomic E-state index is 1.02. The Morgan fingerprint density at radius 1 is 0.789 bits per heavy atom. The fourth-order valence-corrected chi connectivity index (χ4v) is 2.80. The molecule has 3 rings (SSSR count). The normalized spacial score (nSPS) is 11.2. The molecular weight excluding hydrogens is 232 g/mol. The van der Waals surface area contributed by atoms with Crippen molar-refractivity contribution in [1.29, 1.82) is 0 Å². The molecular formula is C17H18N2. The van der Waals surface area contributed by atoms with Crippen LogP contribution < -0.4 is 0 Å². The second kappa shape index (κ2) is 4.23. The lowest BCUT2D eigenvalue weighted by atomic mass is 10.1. The maximum absolute atomic E-state index is 4.54. The van der Waals surface area contributed by atoms with Crippen LogP contribution in [-0.2, 0) is 0 Å². The van der Waals surface area contributed by atoms with E-state index in [0.29, 0.717) is 0 Å². The van der Waals surface area contributed by atoms with Crippen molar-refractivity contribution in [1.82, 2.24) is 9.38 Å². The smallest absolute Gasteiger partial charge is 0.137 e. The molecule has 2 heterocycles. The van der Waals surface area contributed by atoms with Crippen LogP contribution in [0.3, 0.4) is 0 Å². The summed E-state index contributed by atoms with van der Waals surface area (Å²) in [7, 11) is 0. The molecule has 0 amide bonds. The summed E-state index contributed by atoms with van der Waals surface area (Å²) in [6, 6.07) is 11.0. The van der Waals surface area contributed by atoms with E-state index in [4.69, 9.17) is 0 Å². The van der Waals surface area contributed by atoms with Crippen LogP contribution in [-0.4, -0.2) is 9.38 Å². The zero-order valence-corrected chi connectivity index (χ0v) is 11.9. The van der Waals surface area contributed by atoms with E-state index in [1.807, 2.05) is 6.20 Å². The maximum Gasteiger partial charge on any atom is 0.137 e. The Kier molecular flexibility index (Phi) is 2.67. The number of rotatable bonds is 1. The molecule has 0 aliphatic rings. The molecule has 0 radical (unpaired) electrons. The SMILES string of the molecule is Cc1cc(C)cc(-c2cnc3cc(C)cc(C)n23)c1. The minimum Gasteiger partial charge on any atom is -0.297 e. The number of hydrogen-bond donors (Lipinski definition) is 0. The zero-order valence-electron chi connectivity index (χ0n) is 11.9. The highest BCUT2D eigenvalue weighted by Gasteiger charge is 2.09. The molecule has 3 aromatic rings. The van der Waals surface area contributed by atoms with Gasteiger partial charge in [-0.2, -0.15) is 0 Å². The summed E-state index contributed by atoms with van der Waals surface area (Å²) in [5, 5.41) is 0. The summed E-state index contributed by atoms with van der Waals surface area (Å²) in [6.07, 6.45) is 1.97. The van der Waals surface area contributed by atoms with E-state index < -0.39 is 0 Å². The van der Waals surface area contributed by atoms with Gasteiger partial charge in [0.1, 0.15) is 5.65 Å². The van der Waals surface area contributed by atoms with Crippen LogP contribution in [0.2, 0.25) is 0 Å². The zero-order chi connectivity index (χ0) is 13.6. The predicted octanol–water partition coefficient (Wildman–Crippen LogP) is 4.23. The number of hydrogen-bond acceptors (Lipinski definition) is 1. The Morgan fingerprint density at radius 3 is 2.11 bits per heavy atom. The summed E-state index contributed by atoms with van der Waals surface area (Å²) < 4.78 is 2.22. The topological polar surface area (TPSA) is 17.3 Å². The Hall–Kier alpha value is -2.09. The molecule has 0 N–H and O–H groups in total. The number of benzene rings is 1. The fraction of sp³-hybridized carbons (Fsp3) is 0.235. The van der Waals surface area contributed by atoms with E-state index in [-0.39, 0.29) is 0 Å². The Balaban J connectivity index is 2.31. The summed E-state index contributed by atoms with van der Waals surface area (Å²) >= 11 is 0. The molecule has 0 spiro atoms. The van der Waals surface area contributed by atoms with E-state index in [1.54, 1.807) is 0 Å². The molecule has 0 saturated heterocycles. The van der Waals surface area contributed by atoms with Gasteiger partial charge in [-0.1, -0.05) is 17.2 Å². The van der Waals surface area contributed by atoms with Gasteiger partial charge in [0, 0.05) is 11.3 Å². The lowest BCUT2D eigenvalue weighted by Crippen LogP contribution is -1.95. The highest BCUT2D eigenvalue weighted by molar-refractivity contribution is 5.66. The van der Waals surface area contributed by atoms with Crippen molar-refractivity contribution in [2.75, 3.05) is 0 Å². The first-order chi connectivity index (χ1) is 9.04. The van der Waals surface area contributed by atoms with Gasteiger partial charge in [-0.15, -0.1) is 0 Å². The molecule has 2 heteroatoms. The molecule has 2 aromatic heterocycles. The van der Waals surface area contributed by atoms with E-state index >= 15 is 0 Å². The number of pyridine rings is 1. The van der Waals surface area contributed by atoms with Gasteiger partial charge in [0.15, 0.2) is 0 Å². The average molecular weight is 250 g/mol. The van der Waals surface area contributed by atoms with Gasteiger partial charge < -0.3 is 0 Å². The molecule has 0 aliphatic heterocycles. The molecule has 96 valence electrons. The van der Waals surface area contributed by atoms with Crippen molar-refractivity contribution in [2.24, 2.45) is 0 Å². The van der Waals surface area contributed by atoms with Crippen LogP contribution in [0, 0.1) is 27.7 Å². The van der Waals surface area contributed by atoms with Gasteiger partial charge in [0.25, 0.3) is 0 Å². The summed E-state index contributed by atoms with van der Waals surface area (Å²) in [5.41, 5.74) is 8.47. The van der Waals surface area contributed by atoms with Crippen molar-refractivity contribution in [3.63, 3.8) is 0 Å². The van der Waals surface area contributed by atoms with Gasteiger partial charge in [-0.25, -0.2) is 4.98 Å². The maximum atomic E-state index is 4.54. The molecule has 0 fully saturated rings. The van der Waals surface area contributed by atoms with Gasteiger partial charge in [-0.3, -0.25) is 4.40 Å². The van der Waals surface area contributed by atoms with Gasteiger partial charge in [0.05, 0.1) is 11.9 Å². The molecule has 0 atom stereocenters. The second-order valence-corrected chi connectivity index (χ2v) is 5.39. The number of nitrogens with zero attached hydrogens (tertiary/aromatic N) is 2. The summed E-state index contributed by atoms with van der Waals surface area (Å²) in [5.74, 6) is 0. The highest BCUT2D eigenvalue weighted by atomic mass is 15.0. The van der Waals surface area contributed by atoms with Crippen molar-refractivity contribution < 1.29 is 0 Å². The molecule has 0 aliphatic carbocycles. The first-order valence-electron chi connectivity index (χ1n) is 6.58. The van der Waals surface area contributed by atoms with Crippen molar-refractivity contribution in [2.45, 2.75) is 27.7 Å². The van der Waals surface area contributed by atoms with Crippen LogP contribution in [0.5, 0.6) is 0 Å². The highest BCUT2D eigenvalue weighted by Crippen LogP contribution is 2.25. The van der Waals surface area contributed by atoms with Crippen molar-refractivity contribution in [3.05, 3.63) is 58.9 Å². The lowest BCUT2D eigenvalue weighted by molar-refractivity contribution is 1.09. The van der Waals surface area contributed by atoms with Gasteiger partial charge in [0.2, 0.25) is 0 Å². The molecule has 19 heavy (non-hydrogen) atoms. The first kappa shape index (κ1) is 12.0. The summed E-state index contributed by atoms with van der Waals surface area (Å²) in [4.78, 5) is 4.54. The van der Waals surface area contributed by atoms with E-state index in [1.165, 1.54) is 33.6 Å². The van der Waals surface area contributed by atoms with Crippen LogP contribution >= 0.6 is 0 Å². The quantitative estimate of drug-likeness (QED) is 0.631. The van der Waals surface area contributed by atoms with Crippen molar-refractivity contribution >= 4 is 5.65 Å². The lowest BCUT2D eigenvalue weighted by Gasteiger charge is -2.08. The average Bonchev–Trinajstić information content (AvgIpc) is 2.71. The van der Waals surface area contributed by atoms with Gasteiger partial charge in [-0.05, 0) is 57.5 Å². The Labute approximate surface area is 113 Å². The third kappa shape index (κ3) is 2.03. The standard InChI is InChI=1S/C17H18N2/c1-11-5-12(2)8-15(7-11)16-10-18-17-9-13(3)6-14(4)19(16)17/h5-10H,1-4H3. The predicted molar refractivity (Wildman–Crippen MR) is 79.6 cm³/mol. The van der Waals surface area contributed by atoms with E-state index in [9.17, 15) is 0 Å². The minimum atomic E-state index is 1.02. The monoisotopic (exact) mass is 250 g/mol. The summed E-state index contributed by atoms with van der Waals surface area (Å²) in [6.45, 7) is 8.51. The van der Waals surface area contributed by atoms with Gasteiger partial charge >= 0.3 is 0 Å². The Morgan fingerprint density at radius 2 is 1.42 bits per heavy atom. The molecule has 2 nitrogen and oxygen atoms in total. The van der Waals surface area contributed by atoms with Crippen LogP contribution in [0.4, 0.5) is 0 Å². The number of aromatic nitrogens is 2.